The van der Waals surface area contributed by atoms with Gasteiger partial charge in [0.1, 0.15) is 5.65 Å². The standard InChI is InChI=1S/C17H16N4/c1-13-16(9-10-18)21-12-15(7-8-17(21)20-13)19-11-14-5-3-2-4-6-14/h2-8,12,19H,9,11H2,1H3. The summed E-state index contributed by atoms with van der Waals surface area (Å²) in [6.07, 6.45) is 2.38. The number of imidazole rings is 1. The predicted octanol–water partition coefficient (Wildman–Crippen LogP) is 3.32. The van der Waals surface area contributed by atoms with Gasteiger partial charge in [-0.15, -0.1) is 0 Å². The van der Waals surface area contributed by atoms with E-state index in [1.807, 2.05) is 47.9 Å². The summed E-state index contributed by atoms with van der Waals surface area (Å²) in [4.78, 5) is 4.48. The number of hydrogen-bond acceptors (Lipinski definition) is 3. The van der Waals surface area contributed by atoms with E-state index in [-0.39, 0.29) is 0 Å². The molecule has 104 valence electrons. The number of hydrogen-bond donors (Lipinski definition) is 1. The van der Waals surface area contributed by atoms with E-state index < -0.39 is 0 Å². The lowest BCUT2D eigenvalue weighted by Crippen LogP contribution is -2.01. The van der Waals surface area contributed by atoms with Crippen molar-refractivity contribution in [1.82, 2.24) is 9.38 Å². The van der Waals surface area contributed by atoms with Crippen LogP contribution >= 0.6 is 0 Å². The summed E-state index contributed by atoms with van der Waals surface area (Å²) in [6, 6.07) is 16.4. The molecule has 2 aromatic heterocycles. The SMILES string of the molecule is Cc1nc2ccc(NCc3ccccc3)cn2c1CC#N. The van der Waals surface area contributed by atoms with Gasteiger partial charge in [-0.3, -0.25) is 0 Å². The summed E-state index contributed by atoms with van der Waals surface area (Å²) in [7, 11) is 0. The average Bonchev–Trinajstić information content (AvgIpc) is 2.82. The number of rotatable bonds is 4. The molecule has 1 aromatic carbocycles. The van der Waals surface area contributed by atoms with Crippen molar-refractivity contribution in [3.8, 4) is 6.07 Å². The summed E-state index contributed by atoms with van der Waals surface area (Å²) >= 11 is 0. The second-order valence-corrected chi connectivity index (χ2v) is 4.96. The van der Waals surface area contributed by atoms with E-state index >= 15 is 0 Å². The molecule has 3 rings (SSSR count). The van der Waals surface area contributed by atoms with Crippen LogP contribution in [-0.2, 0) is 13.0 Å². The molecule has 0 saturated heterocycles. The second-order valence-electron chi connectivity index (χ2n) is 4.96. The summed E-state index contributed by atoms with van der Waals surface area (Å²) < 4.78 is 1.99. The second kappa shape index (κ2) is 5.68. The Balaban J connectivity index is 1.87. The molecule has 0 aliphatic carbocycles. The van der Waals surface area contributed by atoms with E-state index in [2.05, 4.69) is 28.5 Å². The van der Waals surface area contributed by atoms with Gasteiger partial charge in [0.2, 0.25) is 0 Å². The normalized spacial score (nSPS) is 10.5. The summed E-state index contributed by atoms with van der Waals surface area (Å²) in [6.45, 7) is 2.71. The number of benzene rings is 1. The molecule has 21 heavy (non-hydrogen) atoms. The Morgan fingerprint density at radius 3 is 2.76 bits per heavy atom. The number of nitriles is 1. The molecular weight excluding hydrogens is 260 g/mol. The minimum atomic E-state index is 0.370. The van der Waals surface area contributed by atoms with Gasteiger partial charge in [-0.05, 0) is 24.6 Å². The van der Waals surface area contributed by atoms with Gasteiger partial charge in [-0.2, -0.15) is 5.26 Å². The molecule has 0 amide bonds. The van der Waals surface area contributed by atoms with E-state index in [1.165, 1.54) is 5.56 Å². The number of anilines is 1. The third-order valence-corrected chi connectivity index (χ3v) is 3.50. The van der Waals surface area contributed by atoms with Crippen molar-refractivity contribution in [3.63, 3.8) is 0 Å². The third kappa shape index (κ3) is 2.72. The quantitative estimate of drug-likeness (QED) is 0.795. The monoisotopic (exact) mass is 276 g/mol. The Morgan fingerprint density at radius 2 is 2.00 bits per heavy atom. The predicted molar refractivity (Wildman–Crippen MR) is 83.0 cm³/mol. The first-order valence-corrected chi connectivity index (χ1v) is 6.90. The van der Waals surface area contributed by atoms with E-state index in [4.69, 9.17) is 5.26 Å². The number of fused-ring (bicyclic) bond motifs is 1. The lowest BCUT2D eigenvalue weighted by atomic mass is 10.2. The van der Waals surface area contributed by atoms with Gasteiger partial charge in [0.25, 0.3) is 0 Å². The molecule has 0 fully saturated rings. The van der Waals surface area contributed by atoms with E-state index in [0.717, 1.165) is 29.3 Å². The van der Waals surface area contributed by atoms with Crippen LogP contribution in [0, 0.1) is 18.3 Å². The molecular formula is C17H16N4. The highest BCUT2D eigenvalue weighted by Gasteiger charge is 2.08. The van der Waals surface area contributed by atoms with Gasteiger partial charge in [0, 0.05) is 12.7 Å². The van der Waals surface area contributed by atoms with Gasteiger partial charge in [0.05, 0.1) is 29.6 Å². The maximum Gasteiger partial charge on any atom is 0.137 e. The van der Waals surface area contributed by atoms with Gasteiger partial charge in [-0.25, -0.2) is 4.98 Å². The Morgan fingerprint density at radius 1 is 1.19 bits per heavy atom. The Hall–Kier alpha value is -2.80. The van der Waals surface area contributed by atoms with Crippen molar-refractivity contribution < 1.29 is 0 Å². The average molecular weight is 276 g/mol. The van der Waals surface area contributed by atoms with Crippen molar-refractivity contribution in [2.24, 2.45) is 0 Å². The molecule has 0 bridgehead atoms. The molecule has 0 unspecified atom stereocenters. The van der Waals surface area contributed by atoms with Gasteiger partial charge >= 0.3 is 0 Å². The van der Waals surface area contributed by atoms with Crippen LogP contribution in [0.3, 0.4) is 0 Å². The van der Waals surface area contributed by atoms with E-state index in [0.29, 0.717) is 6.42 Å². The zero-order chi connectivity index (χ0) is 14.7. The first kappa shape index (κ1) is 13.2. The molecule has 4 heteroatoms. The fourth-order valence-corrected chi connectivity index (χ4v) is 2.40. The van der Waals surface area contributed by atoms with Crippen molar-refractivity contribution in [1.29, 1.82) is 5.26 Å². The summed E-state index contributed by atoms with van der Waals surface area (Å²) in [5.41, 5.74) is 5.00. The summed E-state index contributed by atoms with van der Waals surface area (Å²) in [5, 5.41) is 12.3. The molecule has 0 aliphatic rings. The Bertz CT molecular complexity index is 797. The van der Waals surface area contributed by atoms with Crippen LogP contribution in [0.1, 0.15) is 17.0 Å². The lowest BCUT2D eigenvalue weighted by molar-refractivity contribution is 1.03. The van der Waals surface area contributed by atoms with E-state index in [1.54, 1.807) is 0 Å². The highest BCUT2D eigenvalue weighted by molar-refractivity contribution is 5.53. The fraction of sp³-hybridized carbons (Fsp3) is 0.176. The first-order valence-electron chi connectivity index (χ1n) is 6.90. The molecule has 0 spiro atoms. The molecule has 0 atom stereocenters. The van der Waals surface area contributed by atoms with Gasteiger partial charge in [0.15, 0.2) is 0 Å². The zero-order valence-electron chi connectivity index (χ0n) is 11.9. The number of pyridine rings is 1. The number of nitrogens with zero attached hydrogens (tertiary/aromatic N) is 3. The molecule has 0 radical (unpaired) electrons. The number of aryl methyl sites for hydroxylation is 1. The van der Waals surface area contributed by atoms with E-state index in [9.17, 15) is 0 Å². The minimum Gasteiger partial charge on any atom is -0.380 e. The molecule has 0 aliphatic heterocycles. The van der Waals surface area contributed by atoms with Crippen LogP contribution in [0.15, 0.2) is 48.7 Å². The van der Waals surface area contributed by atoms with Crippen LogP contribution in [0.4, 0.5) is 5.69 Å². The van der Waals surface area contributed by atoms with Crippen LogP contribution in [0.2, 0.25) is 0 Å². The van der Waals surface area contributed by atoms with Gasteiger partial charge < -0.3 is 9.72 Å². The maximum atomic E-state index is 8.94. The van der Waals surface area contributed by atoms with Crippen molar-refractivity contribution in [2.75, 3.05) is 5.32 Å². The van der Waals surface area contributed by atoms with Crippen LogP contribution in [0.5, 0.6) is 0 Å². The highest BCUT2D eigenvalue weighted by atomic mass is 15.0. The fourth-order valence-electron chi connectivity index (χ4n) is 2.40. The first-order chi connectivity index (χ1) is 10.3. The smallest absolute Gasteiger partial charge is 0.137 e. The number of aromatic nitrogens is 2. The highest BCUT2D eigenvalue weighted by Crippen LogP contribution is 2.17. The molecule has 2 heterocycles. The van der Waals surface area contributed by atoms with Crippen molar-refractivity contribution in [3.05, 3.63) is 65.6 Å². The molecule has 3 aromatic rings. The van der Waals surface area contributed by atoms with Crippen LogP contribution < -0.4 is 5.32 Å². The zero-order valence-corrected chi connectivity index (χ0v) is 11.9. The largest absolute Gasteiger partial charge is 0.380 e. The van der Waals surface area contributed by atoms with Gasteiger partial charge in [-0.1, -0.05) is 30.3 Å². The van der Waals surface area contributed by atoms with Crippen LogP contribution in [0.25, 0.3) is 5.65 Å². The van der Waals surface area contributed by atoms with Crippen molar-refractivity contribution in [2.45, 2.75) is 19.9 Å². The third-order valence-electron chi connectivity index (χ3n) is 3.50. The summed E-state index contributed by atoms with van der Waals surface area (Å²) in [5.74, 6) is 0. The molecule has 4 nitrogen and oxygen atoms in total. The maximum absolute atomic E-state index is 8.94. The van der Waals surface area contributed by atoms with Crippen LogP contribution in [-0.4, -0.2) is 9.38 Å². The number of nitrogens with one attached hydrogen (secondary N) is 1. The Kier molecular flexibility index (Phi) is 3.57. The molecule has 1 N–H and O–H groups in total. The lowest BCUT2D eigenvalue weighted by Gasteiger charge is -2.08. The Labute approximate surface area is 123 Å². The minimum absolute atomic E-state index is 0.370. The molecule has 0 saturated carbocycles. The topological polar surface area (TPSA) is 53.1 Å². The van der Waals surface area contributed by atoms with Crippen molar-refractivity contribution >= 4 is 11.3 Å².